The van der Waals surface area contributed by atoms with Gasteiger partial charge in [-0.05, 0) is 92.1 Å². The first-order valence-electron chi connectivity index (χ1n) is 14.0. The van der Waals surface area contributed by atoms with Gasteiger partial charge in [0.15, 0.2) is 6.17 Å². The predicted octanol–water partition coefficient (Wildman–Crippen LogP) is 7.11. The van der Waals surface area contributed by atoms with Crippen molar-refractivity contribution in [3.63, 3.8) is 0 Å². The van der Waals surface area contributed by atoms with Crippen LogP contribution in [0.15, 0.2) is 77.8 Å². The van der Waals surface area contributed by atoms with Gasteiger partial charge in [0.25, 0.3) is 0 Å². The molecule has 0 radical (unpaired) electrons. The number of anilines is 3. The quantitative estimate of drug-likeness (QED) is 0.167. The largest absolute Gasteiger partial charge is 0.495 e. The normalized spacial score (nSPS) is 15.1. The first kappa shape index (κ1) is 28.4. The number of aromatic nitrogens is 1. The molecular formula is C32H38N6O2S. The molecule has 2 aromatic heterocycles. The number of nitrogens with zero attached hydrogens (tertiary/aromatic N) is 3. The van der Waals surface area contributed by atoms with Crippen LogP contribution in [0.5, 0.6) is 5.75 Å². The zero-order valence-corrected chi connectivity index (χ0v) is 24.9. The van der Waals surface area contributed by atoms with Crippen molar-refractivity contribution < 1.29 is 9.53 Å². The van der Waals surface area contributed by atoms with Gasteiger partial charge in [0.1, 0.15) is 5.75 Å². The van der Waals surface area contributed by atoms with Crippen LogP contribution in [0.4, 0.5) is 17.1 Å². The number of hydrogen-bond donors (Lipinski definition) is 3. The number of para-hydroxylation sites is 1. The molecule has 2 unspecified atom stereocenters. The van der Waals surface area contributed by atoms with Crippen LogP contribution in [0.3, 0.4) is 0 Å². The van der Waals surface area contributed by atoms with Gasteiger partial charge in [0.2, 0.25) is 11.9 Å². The number of hydrogen-bond acceptors (Lipinski definition) is 7. The Morgan fingerprint density at radius 3 is 2.80 bits per heavy atom. The van der Waals surface area contributed by atoms with Crippen molar-refractivity contribution in [2.45, 2.75) is 38.3 Å². The number of ether oxygens (including phenoxy) is 1. The Kier molecular flexibility index (Phi) is 8.75. The minimum Gasteiger partial charge on any atom is -0.495 e. The summed E-state index contributed by atoms with van der Waals surface area (Å²) in [6.07, 6.45) is 6.17. The van der Waals surface area contributed by atoms with E-state index < -0.39 is 0 Å². The fourth-order valence-electron chi connectivity index (χ4n) is 5.37. The number of aliphatic imine (C=N–C) groups is 1. The summed E-state index contributed by atoms with van der Waals surface area (Å²) in [4.78, 5) is 20.9. The average molecular weight is 571 g/mol. The van der Waals surface area contributed by atoms with Crippen molar-refractivity contribution in [1.29, 1.82) is 0 Å². The third-order valence-electron chi connectivity index (χ3n) is 7.40. The van der Waals surface area contributed by atoms with Gasteiger partial charge >= 0.3 is 0 Å². The molecule has 0 saturated carbocycles. The number of thiophene rings is 1. The molecule has 0 aliphatic carbocycles. The Morgan fingerprint density at radius 2 is 2.05 bits per heavy atom. The predicted molar refractivity (Wildman–Crippen MR) is 172 cm³/mol. The van der Waals surface area contributed by atoms with Crippen molar-refractivity contribution in [3.05, 3.63) is 83.2 Å². The molecule has 0 saturated heterocycles. The Hall–Kier alpha value is -4.08. The van der Waals surface area contributed by atoms with Gasteiger partial charge in [-0.1, -0.05) is 38.1 Å². The number of carbonyl (C=O) groups is 1. The highest BCUT2D eigenvalue weighted by molar-refractivity contribution is 7.10. The number of fused-ring (bicyclic) bond motifs is 2. The van der Waals surface area contributed by atoms with Gasteiger partial charge in [-0.15, -0.1) is 11.3 Å². The summed E-state index contributed by atoms with van der Waals surface area (Å²) < 4.78 is 8.09. The fraction of sp³-hybridized carbons (Fsp3) is 0.312. The van der Waals surface area contributed by atoms with Crippen LogP contribution in [-0.4, -0.2) is 49.1 Å². The second-order valence-electron chi connectivity index (χ2n) is 10.5. The number of benzene rings is 2. The van der Waals surface area contributed by atoms with Crippen molar-refractivity contribution in [1.82, 2.24) is 9.47 Å². The lowest BCUT2D eigenvalue weighted by atomic mass is 9.89. The van der Waals surface area contributed by atoms with E-state index in [1.165, 1.54) is 11.5 Å². The van der Waals surface area contributed by atoms with E-state index in [0.29, 0.717) is 17.4 Å². The maximum atomic E-state index is 12.5. The zero-order valence-electron chi connectivity index (χ0n) is 24.1. The standard InChI is InChI=1S/C32H38N6O2S/c1-6-10-21(13-16-37(3)4)23-19-28(40-5)26(20-25(23)33-29(39)7-2)35-32-34-24-15-18-41-30(24)31(36-32)38-17-14-22-11-8-9-12-27(22)38/h7-9,11-12,14-15,17-21,31H,2,6,10,13,16H2,1,3-5H3,(H,33,39)(H2,34,35,36). The third-order valence-corrected chi connectivity index (χ3v) is 8.35. The Labute approximate surface area is 245 Å². The maximum absolute atomic E-state index is 12.5. The lowest BCUT2D eigenvalue weighted by molar-refractivity contribution is -0.111. The molecule has 2 aromatic carbocycles. The fourth-order valence-corrected chi connectivity index (χ4v) is 6.26. The summed E-state index contributed by atoms with van der Waals surface area (Å²) in [5.41, 5.74) is 4.65. The number of rotatable bonds is 11. The Bertz CT molecular complexity index is 1570. The average Bonchev–Trinajstić information content (AvgIpc) is 3.62. The molecule has 0 bridgehead atoms. The highest BCUT2D eigenvalue weighted by Crippen LogP contribution is 2.41. The molecule has 5 rings (SSSR count). The van der Waals surface area contributed by atoms with Crippen LogP contribution in [0, 0.1) is 0 Å². The molecule has 3 N–H and O–H groups in total. The topological polar surface area (TPSA) is 82.9 Å². The van der Waals surface area contributed by atoms with E-state index in [4.69, 9.17) is 9.73 Å². The molecule has 9 heteroatoms. The molecule has 214 valence electrons. The van der Waals surface area contributed by atoms with E-state index in [-0.39, 0.29) is 18.0 Å². The minimum atomic E-state index is -0.249. The van der Waals surface area contributed by atoms with Crippen LogP contribution >= 0.6 is 11.3 Å². The first-order chi connectivity index (χ1) is 19.9. The van der Waals surface area contributed by atoms with Crippen molar-refractivity contribution in [3.8, 4) is 5.75 Å². The lowest BCUT2D eigenvalue weighted by Crippen LogP contribution is -2.28. The molecule has 1 amide bonds. The molecule has 1 aliphatic heterocycles. The summed E-state index contributed by atoms with van der Waals surface area (Å²) in [6, 6.07) is 16.5. The van der Waals surface area contributed by atoms with Gasteiger partial charge in [-0.2, -0.15) is 0 Å². The van der Waals surface area contributed by atoms with Crippen molar-refractivity contribution in [2.75, 3.05) is 43.7 Å². The number of guanidine groups is 1. The second kappa shape index (κ2) is 12.6. The first-order valence-corrected chi connectivity index (χ1v) is 14.8. The monoisotopic (exact) mass is 570 g/mol. The van der Waals surface area contributed by atoms with Crippen LogP contribution < -0.4 is 20.7 Å². The van der Waals surface area contributed by atoms with E-state index in [0.717, 1.165) is 53.1 Å². The zero-order chi connectivity index (χ0) is 28.9. The van der Waals surface area contributed by atoms with Gasteiger partial charge in [0.05, 0.1) is 28.9 Å². The summed E-state index contributed by atoms with van der Waals surface area (Å²) >= 11 is 1.68. The number of methoxy groups -OCH3 is 1. The summed E-state index contributed by atoms with van der Waals surface area (Å²) in [5.74, 6) is 1.30. The van der Waals surface area contributed by atoms with Crippen LogP contribution in [0.2, 0.25) is 0 Å². The van der Waals surface area contributed by atoms with Gasteiger partial charge < -0.3 is 30.2 Å². The maximum Gasteiger partial charge on any atom is 0.247 e. The van der Waals surface area contributed by atoms with Crippen LogP contribution in [-0.2, 0) is 4.79 Å². The summed E-state index contributed by atoms with van der Waals surface area (Å²) in [7, 11) is 5.83. The van der Waals surface area contributed by atoms with Crippen molar-refractivity contribution >= 4 is 51.2 Å². The molecule has 0 spiro atoms. The lowest BCUT2D eigenvalue weighted by Gasteiger charge is -2.27. The molecule has 3 heterocycles. The molecule has 1 aliphatic rings. The van der Waals surface area contributed by atoms with Crippen LogP contribution in [0.1, 0.15) is 48.7 Å². The van der Waals surface area contributed by atoms with E-state index in [9.17, 15) is 4.79 Å². The SMILES string of the molecule is C=CC(=O)Nc1cc(NC2=NC(n3ccc4ccccc43)c3sccc3N2)c(OC)cc1C(CCC)CCN(C)C. The molecular weight excluding hydrogens is 532 g/mol. The Morgan fingerprint density at radius 1 is 1.22 bits per heavy atom. The smallest absolute Gasteiger partial charge is 0.247 e. The third kappa shape index (κ3) is 6.16. The van der Waals surface area contributed by atoms with Gasteiger partial charge in [0, 0.05) is 11.9 Å². The highest BCUT2D eigenvalue weighted by atomic mass is 32.1. The highest BCUT2D eigenvalue weighted by Gasteiger charge is 2.26. The number of amides is 1. The molecule has 2 atom stereocenters. The van der Waals surface area contributed by atoms with Crippen molar-refractivity contribution in [2.24, 2.45) is 4.99 Å². The summed E-state index contributed by atoms with van der Waals surface area (Å²) in [6.45, 7) is 6.79. The Balaban J connectivity index is 1.54. The van der Waals surface area contributed by atoms with Gasteiger partial charge in [-0.3, -0.25) is 4.79 Å². The molecule has 41 heavy (non-hydrogen) atoms. The minimum absolute atomic E-state index is 0.223. The molecule has 0 fully saturated rings. The second-order valence-corrected chi connectivity index (χ2v) is 11.4. The summed E-state index contributed by atoms with van der Waals surface area (Å²) in [5, 5.41) is 13.2. The van der Waals surface area contributed by atoms with E-state index in [1.807, 2.05) is 24.3 Å². The van der Waals surface area contributed by atoms with E-state index in [2.05, 4.69) is 88.9 Å². The van der Waals surface area contributed by atoms with E-state index >= 15 is 0 Å². The number of nitrogens with one attached hydrogen (secondary N) is 3. The van der Waals surface area contributed by atoms with Crippen LogP contribution in [0.25, 0.3) is 10.9 Å². The van der Waals surface area contributed by atoms with Gasteiger partial charge in [-0.25, -0.2) is 4.99 Å². The van der Waals surface area contributed by atoms with E-state index in [1.54, 1.807) is 18.4 Å². The molecule has 8 nitrogen and oxygen atoms in total. The molecule has 4 aromatic rings. The number of carbonyl (C=O) groups excluding carboxylic acids is 1.